The van der Waals surface area contributed by atoms with Crippen LogP contribution in [-0.2, 0) is 6.18 Å². The average Bonchev–Trinajstić information content (AvgIpc) is 2.28. The van der Waals surface area contributed by atoms with Crippen molar-refractivity contribution in [2.45, 2.75) is 19.5 Å². The van der Waals surface area contributed by atoms with Gasteiger partial charge in [-0.2, -0.15) is 13.2 Å². The maximum Gasteiger partial charge on any atom is 0.419 e. The molecular weight excluding hydrogens is 253 g/mol. The first-order valence-corrected chi connectivity index (χ1v) is 5.87. The molecule has 0 aliphatic heterocycles. The van der Waals surface area contributed by atoms with E-state index in [0.29, 0.717) is 13.1 Å². The molecule has 0 fully saturated rings. The van der Waals surface area contributed by atoms with Crippen molar-refractivity contribution in [3.05, 3.63) is 23.9 Å². The molecule has 96 valence electrons. The molecule has 1 aromatic heterocycles. The smallest absolute Gasteiger partial charge is 0.355 e. The van der Waals surface area contributed by atoms with Gasteiger partial charge >= 0.3 is 6.18 Å². The van der Waals surface area contributed by atoms with Crippen LogP contribution >= 0.6 is 11.6 Å². The molecule has 17 heavy (non-hydrogen) atoms. The molecule has 0 atom stereocenters. The number of rotatable bonds is 5. The first-order valence-electron chi connectivity index (χ1n) is 5.33. The van der Waals surface area contributed by atoms with Crippen LogP contribution in [0.3, 0.4) is 0 Å². The summed E-state index contributed by atoms with van der Waals surface area (Å²) in [5.74, 6) is 0.232. The van der Waals surface area contributed by atoms with Crippen molar-refractivity contribution in [1.29, 1.82) is 0 Å². The van der Waals surface area contributed by atoms with Crippen LogP contribution in [-0.4, -0.2) is 24.0 Å². The molecule has 6 heteroatoms. The number of aromatic nitrogens is 1. The van der Waals surface area contributed by atoms with E-state index >= 15 is 0 Å². The number of pyridine rings is 1. The van der Waals surface area contributed by atoms with Crippen molar-refractivity contribution in [3.8, 4) is 0 Å². The predicted molar refractivity (Wildman–Crippen MR) is 62.5 cm³/mol. The molecule has 1 heterocycles. The highest BCUT2D eigenvalue weighted by molar-refractivity contribution is 6.18. The second kappa shape index (κ2) is 6.10. The van der Waals surface area contributed by atoms with Crippen LogP contribution in [0, 0.1) is 0 Å². The van der Waals surface area contributed by atoms with Gasteiger partial charge in [-0.25, -0.2) is 4.98 Å². The monoisotopic (exact) mass is 266 g/mol. The van der Waals surface area contributed by atoms with E-state index < -0.39 is 11.7 Å². The Kier molecular flexibility index (Phi) is 5.05. The van der Waals surface area contributed by atoms with Gasteiger partial charge in [-0.15, -0.1) is 11.6 Å². The highest BCUT2D eigenvalue weighted by Gasteiger charge is 2.35. The van der Waals surface area contributed by atoms with Crippen LogP contribution in [0.25, 0.3) is 0 Å². The van der Waals surface area contributed by atoms with Crippen molar-refractivity contribution in [3.63, 3.8) is 0 Å². The van der Waals surface area contributed by atoms with Gasteiger partial charge < -0.3 is 4.90 Å². The summed E-state index contributed by atoms with van der Waals surface area (Å²) in [5.41, 5.74) is -0.710. The molecule has 0 aliphatic rings. The number of anilines is 1. The quantitative estimate of drug-likeness (QED) is 0.758. The molecule has 1 rings (SSSR count). The van der Waals surface area contributed by atoms with E-state index in [0.717, 1.165) is 12.5 Å². The highest BCUT2D eigenvalue weighted by atomic mass is 35.5. The Morgan fingerprint density at radius 3 is 2.59 bits per heavy atom. The molecule has 1 aromatic rings. The molecule has 2 nitrogen and oxygen atoms in total. The van der Waals surface area contributed by atoms with E-state index in [2.05, 4.69) is 4.98 Å². The highest BCUT2D eigenvalue weighted by Crippen LogP contribution is 2.35. The summed E-state index contributed by atoms with van der Waals surface area (Å²) in [6.45, 7) is 2.76. The van der Waals surface area contributed by atoms with Gasteiger partial charge in [-0.3, -0.25) is 0 Å². The molecule has 0 unspecified atom stereocenters. The zero-order chi connectivity index (χ0) is 12.9. The summed E-state index contributed by atoms with van der Waals surface area (Å²) in [5, 5.41) is 0. The van der Waals surface area contributed by atoms with Gasteiger partial charge in [0.15, 0.2) is 0 Å². The molecule has 0 saturated carbocycles. The molecular formula is C11H14ClF3N2. The third-order valence-corrected chi connectivity index (χ3v) is 2.41. The predicted octanol–water partition coefficient (Wildman–Crippen LogP) is 3.56. The van der Waals surface area contributed by atoms with Gasteiger partial charge in [0, 0.05) is 25.2 Å². The standard InChI is InChI=1S/C11H14ClF3N2/c1-2-7-17(8-5-12)10-9(11(13,14)15)4-3-6-16-10/h3-4,6H,2,5,7-8H2,1H3. The van der Waals surface area contributed by atoms with Crippen molar-refractivity contribution < 1.29 is 13.2 Å². The van der Waals surface area contributed by atoms with E-state index in [9.17, 15) is 13.2 Å². The van der Waals surface area contributed by atoms with Crippen LogP contribution < -0.4 is 4.90 Å². The SMILES string of the molecule is CCCN(CCCl)c1ncccc1C(F)(F)F. The molecule has 0 N–H and O–H groups in total. The number of hydrogen-bond donors (Lipinski definition) is 0. The molecule has 0 amide bonds. The fourth-order valence-electron chi connectivity index (χ4n) is 1.57. The van der Waals surface area contributed by atoms with E-state index in [-0.39, 0.29) is 11.7 Å². The fraction of sp³-hybridized carbons (Fsp3) is 0.545. The minimum absolute atomic E-state index is 0.0394. The third-order valence-electron chi connectivity index (χ3n) is 2.24. The van der Waals surface area contributed by atoms with Gasteiger partial charge in [0.2, 0.25) is 0 Å². The van der Waals surface area contributed by atoms with Crippen LogP contribution in [0.1, 0.15) is 18.9 Å². The first kappa shape index (κ1) is 14.1. The van der Waals surface area contributed by atoms with Gasteiger partial charge in [0.25, 0.3) is 0 Å². The topological polar surface area (TPSA) is 16.1 Å². The Balaban J connectivity index is 3.09. The maximum atomic E-state index is 12.8. The summed E-state index contributed by atoms with van der Waals surface area (Å²) < 4.78 is 38.4. The molecule has 0 saturated heterocycles. The summed E-state index contributed by atoms with van der Waals surface area (Å²) in [4.78, 5) is 5.40. The summed E-state index contributed by atoms with van der Waals surface area (Å²) in [7, 11) is 0. The lowest BCUT2D eigenvalue weighted by atomic mass is 10.2. The summed E-state index contributed by atoms with van der Waals surface area (Å²) in [6, 6.07) is 2.33. The Hall–Kier alpha value is -0.970. The van der Waals surface area contributed by atoms with Crippen LogP contribution in [0.4, 0.5) is 19.0 Å². The van der Waals surface area contributed by atoms with Crippen LogP contribution in [0.15, 0.2) is 18.3 Å². The minimum atomic E-state index is -4.39. The zero-order valence-electron chi connectivity index (χ0n) is 9.47. The second-order valence-electron chi connectivity index (χ2n) is 3.55. The third kappa shape index (κ3) is 3.77. The first-order chi connectivity index (χ1) is 8.00. The Bertz CT molecular complexity index is 349. The number of nitrogens with zero attached hydrogens (tertiary/aromatic N) is 2. The van der Waals surface area contributed by atoms with Crippen molar-refractivity contribution >= 4 is 17.4 Å². The average molecular weight is 267 g/mol. The van der Waals surface area contributed by atoms with Crippen LogP contribution in [0.2, 0.25) is 0 Å². The molecule has 0 spiro atoms. The molecule has 0 aliphatic carbocycles. The maximum absolute atomic E-state index is 12.8. The molecule has 0 bridgehead atoms. The second-order valence-corrected chi connectivity index (χ2v) is 3.93. The largest absolute Gasteiger partial charge is 0.419 e. The van der Waals surface area contributed by atoms with E-state index in [1.807, 2.05) is 6.92 Å². The van der Waals surface area contributed by atoms with Gasteiger partial charge in [-0.1, -0.05) is 6.92 Å². The minimum Gasteiger partial charge on any atom is -0.355 e. The Labute approximate surface area is 103 Å². The molecule has 0 aromatic carbocycles. The summed E-state index contributed by atoms with van der Waals surface area (Å²) in [6.07, 6.45) is -2.28. The van der Waals surface area contributed by atoms with Gasteiger partial charge in [-0.05, 0) is 18.6 Å². The fourth-order valence-corrected chi connectivity index (χ4v) is 1.77. The Morgan fingerprint density at radius 1 is 1.35 bits per heavy atom. The summed E-state index contributed by atoms with van der Waals surface area (Å²) >= 11 is 5.60. The van der Waals surface area contributed by atoms with Crippen molar-refractivity contribution in [1.82, 2.24) is 4.98 Å². The number of alkyl halides is 4. The number of halogens is 4. The van der Waals surface area contributed by atoms with Crippen molar-refractivity contribution in [2.24, 2.45) is 0 Å². The van der Waals surface area contributed by atoms with Crippen LogP contribution in [0.5, 0.6) is 0 Å². The Morgan fingerprint density at radius 2 is 2.06 bits per heavy atom. The number of hydrogen-bond acceptors (Lipinski definition) is 2. The van der Waals surface area contributed by atoms with E-state index in [1.54, 1.807) is 4.90 Å². The molecule has 0 radical (unpaired) electrons. The lowest BCUT2D eigenvalue weighted by Gasteiger charge is -2.25. The van der Waals surface area contributed by atoms with E-state index in [4.69, 9.17) is 11.6 Å². The van der Waals surface area contributed by atoms with E-state index in [1.165, 1.54) is 12.3 Å². The lowest BCUT2D eigenvalue weighted by molar-refractivity contribution is -0.137. The van der Waals surface area contributed by atoms with Gasteiger partial charge in [0.05, 0.1) is 5.56 Å². The van der Waals surface area contributed by atoms with Crippen molar-refractivity contribution in [2.75, 3.05) is 23.9 Å². The zero-order valence-corrected chi connectivity index (χ0v) is 10.2. The lowest BCUT2D eigenvalue weighted by Crippen LogP contribution is -2.29. The van der Waals surface area contributed by atoms with Gasteiger partial charge in [0.1, 0.15) is 5.82 Å². The normalized spacial score (nSPS) is 11.6.